The van der Waals surface area contributed by atoms with Crippen molar-refractivity contribution in [1.82, 2.24) is 24.5 Å². The van der Waals surface area contributed by atoms with Crippen molar-refractivity contribution in [3.05, 3.63) is 54.7 Å². The zero-order valence-electron chi connectivity index (χ0n) is 19.2. The number of anilines is 1. The van der Waals surface area contributed by atoms with Crippen LogP contribution in [0.15, 0.2) is 48.9 Å². The molecule has 34 heavy (non-hydrogen) atoms. The minimum absolute atomic E-state index is 0.00580. The summed E-state index contributed by atoms with van der Waals surface area (Å²) >= 11 is 0. The lowest BCUT2D eigenvalue weighted by Gasteiger charge is -2.29. The number of para-hydroxylation sites is 1. The smallest absolute Gasteiger partial charge is 0.165 e. The Labute approximate surface area is 197 Å². The number of aliphatic hydroxyl groups is 1. The molecule has 2 N–H and O–H groups in total. The zero-order valence-corrected chi connectivity index (χ0v) is 19.2. The van der Waals surface area contributed by atoms with Gasteiger partial charge in [-0.25, -0.2) is 9.37 Å². The molecule has 1 aliphatic rings. The van der Waals surface area contributed by atoms with Crippen LogP contribution in [0, 0.1) is 5.82 Å². The molecule has 178 valence electrons. The second-order valence-electron chi connectivity index (χ2n) is 8.68. The number of rotatable bonds is 8. The van der Waals surface area contributed by atoms with E-state index in [1.165, 1.54) is 6.07 Å². The summed E-state index contributed by atoms with van der Waals surface area (Å²) in [7, 11) is 1.85. The Morgan fingerprint density at radius 1 is 1.18 bits per heavy atom. The Morgan fingerprint density at radius 3 is 2.76 bits per heavy atom. The highest BCUT2D eigenvalue weighted by atomic mass is 19.1. The van der Waals surface area contributed by atoms with Gasteiger partial charge in [-0.2, -0.15) is 10.2 Å². The Bertz CT molecular complexity index is 1260. The van der Waals surface area contributed by atoms with Crippen LogP contribution in [0.2, 0.25) is 0 Å². The number of aryl methyl sites for hydroxylation is 1. The third kappa shape index (κ3) is 4.48. The Morgan fingerprint density at radius 2 is 2.00 bits per heavy atom. The molecule has 3 aromatic heterocycles. The Kier molecular flexibility index (Phi) is 6.44. The highest BCUT2D eigenvalue weighted by Crippen LogP contribution is 2.36. The van der Waals surface area contributed by atoms with Gasteiger partial charge in [0.1, 0.15) is 11.5 Å². The van der Waals surface area contributed by atoms with Crippen LogP contribution >= 0.6 is 0 Å². The summed E-state index contributed by atoms with van der Waals surface area (Å²) in [6.45, 7) is 0.788. The molecule has 8 nitrogen and oxygen atoms in total. The predicted octanol–water partition coefficient (Wildman–Crippen LogP) is 4.42. The molecule has 1 aliphatic carbocycles. The number of aliphatic hydroxyl groups excluding tert-OH is 1. The van der Waals surface area contributed by atoms with E-state index in [0.717, 1.165) is 53.7 Å². The second-order valence-corrected chi connectivity index (χ2v) is 8.68. The number of nitrogens with one attached hydrogen (secondary N) is 1. The van der Waals surface area contributed by atoms with Crippen molar-refractivity contribution in [2.75, 3.05) is 19.0 Å². The topological polar surface area (TPSA) is 90.0 Å². The quantitative estimate of drug-likeness (QED) is 0.401. The van der Waals surface area contributed by atoms with E-state index in [2.05, 4.69) is 20.1 Å². The molecular weight excluding hydrogens is 435 g/mol. The average molecular weight is 465 g/mol. The molecule has 9 heteroatoms. The lowest BCUT2D eigenvalue weighted by atomic mass is 9.93. The normalized spacial score (nSPS) is 18.3. The van der Waals surface area contributed by atoms with Gasteiger partial charge in [-0.15, -0.1) is 0 Å². The molecule has 1 aromatic carbocycles. The monoisotopic (exact) mass is 464 g/mol. The maximum absolute atomic E-state index is 14.0. The number of aromatic nitrogens is 5. The van der Waals surface area contributed by atoms with E-state index < -0.39 is 0 Å². The maximum atomic E-state index is 14.0. The van der Waals surface area contributed by atoms with E-state index >= 15 is 0 Å². The molecule has 3 heterocycles. The van der Waals surface area contributed by atoms with Crippen molar-refractivity contribution in [2.24, 2.45) is 0 Å². The number of fused-ring (bicyclic) bond motifs is 1. The van der Waals surface area contributed by atoms with Crippen molar-refractivity contribution >= 4 is 16.7 Å². The number of pyridine rings is 1. The van der Waals surface area contributed by atoms with Crippen LogP contribution in [0.3, 0.4) is 0 Å². The van der Waals surface area contributed by atoms with E-state index in [1.54, 1.807) is 18.2 Å². The average Bonchev–Trinajstić information content (AvgIpc) is 3.49. The van der Waals surface area contributed by atoms with Gasteiger partial charge in [0.25, 0.3) is 0 Å². The first-order chi connectivity index (χ1) is 16.7. The van der Waals surface area contributed by atoms with Crippen molar-refractivity contribution in [3.63, 3.8) is 0 Å². The number of benzene rings is 1. The SMILES string of the molecule is CNc1cc2c(cn1)c(-c1cnn(CCCO)c1)nn2C1CCC(Oc2ccccc2F)CC1. The van der Waals surface area contributed by atoms with Crippen LogP contribution in [0.25, 0.3) is 22.2 Å². The predicted molar refractivity (Wildman–Crippen MR) is 128 cm³/mol. The fourth-order valence-electron chi connectivity index (χ4n) is 4.63. The molecular formula is C25H29FN6O2. The lowest BCUT2D eigenvalue weighted by molar-refractivity contribution is 0.126. The minimum atomic E-state index is -0.320. The summed E-state index contributed by atoms with van der Waals surface area (Å²) < 4.78 is 23.9. The first-order valence-electron chi connectivity index (χ1n) is 11.8. The zero-order chi connectivity index (χ0) is 23.5. The van der Waals surface area contributed by atoms with E-state index in [4.69, 9.17) is 14.9 Å². The fraction of sp³-hybridized carbons (Fsp3) is 0.400. The summed E-state index contributed by atoms with van der Waals surface area (Å²) in [5, 5.41) is 22.6. The summed E-state index contributed by atoms with van der Waals surface area (Å²) in [4.78, 5) is 4.51. The summed E-state index contributed by atoms with van der Waals surface area (Å²) in [5.74, 6) is 0.787. The fourth-order valence-corrected chi connectivity index (χ4v) is 4.63. The summed E-state index contributed by atoms with van der Waals surface area (Å²) in [6.07, 6.45) is 9.73. The number of hydrogen-bond donors (Lipinski definition) is 2. The van der Waals surface area contributed by atoms with Gasteiger partial charge >= 0.3 is 0 Å². The molecule has 1 fully saturated rings. The minimum Gasteiger partial charge on any atom is -0.487 e. The molecule has 0 unspecified atom stereocenters. The maximum Gasteiger partial charge on any atom is 0.165 e. The van der Waals surface area contributed by atoms with Gasteiger partial charge in [-0.05, 0) is 44.2 Å². The van der Waals surface area contributed by atoms with Crippen LogP contribution in [-0.4, -0.2) is 49.4 Å². The molecule has 0 atom stereocenters. The number of ether oxygens (including phenoxy) is 1. The Hall–Kier alpha value is -3.46. The van der Waals surface area contributed by atoms with Gasteiger partial charge in [-0.3, -0.25) is 9.36 Å². The van der Waals surface area contributed by atoms with Gasteiger partial charge in [0.2, 0.25) is 0 Å². The van der Waals surface area contributed by atoms with E-state index in [0.29, 0.717) is 18.7 Å². The van der Waals surface area contributed by atoms with E-state index in [1.807, 2.05) is 36.4 Å². The van der Waals surface area contributed by atoms with Gasteiger partial charge in [0, 0.05) is 49.6 Å². The highest BCUT2D eigenvalue weighted by molar-refractivity contribution is 5.93. The molecule has 0 spiro atoms. The van der Waals surface area contributed by atoms with Crippen molar-refractivity contribution in [3.8, 4) is 17.0 Å². The first kappa shape index (κ1) is 22.3. The number of hydrogen-bond acceptors (Lipinski definition) is 6. The van der Waals surface area contributed by atoms with Crippen LogP contribution in [0.1, 0.15) is 38.1 Å². The molecule has 0 amide bonds. The van der Waals surface area contributed by atoms with Gasteiger partial charge in [-0.1, -0.05) is 12.1 Å². The molecule has 0 radical (unpaired) electrons. The lowest BCUT2D eigenvalue weighted by Crippen LogP contribution is -2.26. The van der Waals surface area contributed by atoms with Gasteiger partial charge in [0.05, 0.1) is 23.9 Å². The summed E-state index contributed by atoms with van der Waals surface area (Å²) in [6, 6.07) is 8.82. The standard InChI is InChI=1S/C25H29FN6O2/c1-27-24-13-22-20(15-28-24)25(17-14-29-31(16-17)11-4-12-33)30-32(22)18-7-9-19(10-8-18)34-23-6-3-2-5-21(23)26/h2-3,5-6,13-16,18-19,33H,4,7-12H2,1H3,(H,27,28). The molecule has 0 saturated heterocycles. The molecule has 1 saturated carbocycles. The van der Waals surface area contributed by atoms with Crippen molar-refractivity contribution in [2.45, 2.75) is 50.8 Å². The van der Waals surface area contributed by atoms with Crippen LogP contribution in [0.5, 0.6) is 5.75 Å². The number of nitrogens with zero attached hydrogens (tertiary/aromatic N) is 5. The number of halogens is 1. The van der Waals surface area contributed by atoms with Gasteiger partial charge < -0.3 is 15.2 Å². The van der Waals surface area contributed by atoms with Crippen molar-refractivity contribution < 1.29 is 14.2 Å². The third-order valence-corrected chi connectivity index (χ3v) is 6.42. The molecule has 0 bridgehead atoms. The first-order valence-corrected chi connectivity index (χ1v) is 11.8. The third-order valence-electron chi connectivity index (χ3n) is 6.42. The van der Waals surface area contributed by atoms with Crippen LogP contribution < -0.4 is 10.1 Å². The van der Waals surface area contributed by atoms with Gasteiger partial charge in [0.15, 0.2) is 11.6 Å². The highest BCUT2D eigenvalue weighted by Gasteiger charge is 2.27. The second kappa shape index (κ2) is 9.80. The Balaban J connectivity index is 1.40. The van der Waals surface area contributed by atoms with E-state index in [9.17, 15) is 4.39 Å². The van der Waals surface area contributed by atoms with Crippen LogP contribution in [-0.2, 0) is 6.54 Å². The molecule has 5 rings (SSSR count). The van der Waals surface area contributed by atoms with Crippen LogP contribution in [0.4, 0.5) is 10.2 Å². The van der Waals surface area contributed by atoms with E-state index in [-0.39, 0.29) is 24.6 Å². The van der Waals surface area contributed by atoms with Crippen molar-refractivity contribution in [1.29, 1.82) is 0 Å². The largest absolute Gasteiger partial charge is 0.487 e. The molecule has 0 aliphatic heterocycles. The molecule has 4 aromatic rings. The summed E-state index contributed by atoms with van der Waals surface area (Å²) in [5.41, 5.74) is 2.80.